The third-order valence-corrected chi connectivity index (χ3v) is 5.51. The Hall–Kier alpha value is -0.590. The first-order valence-corrected chi connectivity index (χ1v) is 8.43. The molecule has 0 unspecified atom stereocenters. The summed E-state index contributed by atoms with van der Waals surface area (Å²) in [4.78, 5) is 8.85. The van der Waals surface area contributed by atoms with Gasteiger partial charge in [0.2, 0.25) is 0 Å². The second-order valence-corrected chi connectivity index (χ2v) is 7.71. The van der Waals surface area contributed by atoms with Crippen molar-refractivity contribution in [3.63, 3.8) is 0 Å². The molecular formula is C12H8Cl3N3S2. The molecule has 0 saturated heterocycles. The lowest BCUT2D eigenvalue weighted by Gasteiger charge is -1.99. The summed E-state index contributed by atoms with van der Waals surface area (Å²) >= 11 is 21.0. The maximum Gasteiger partial charge on any atom is 0.128 e. The van der Waals surface area contributed by atoms with E-state index in [9.17, 15) is 0 Å². The van der Waals surface area contributed by atoms with Crippen LogP contribution >= 0.6 is 57.5 Å². The molecule has 0 spiro atoms. The van der Waals surface area contributed by atoms with Crippen molar-refractivity contribution in [2.75, 3.05) is 0 Å². The molecule has 0 radical (unpaired) electrons. The molecule has 104 valence electrons. The van der Waals surface area contributed by atoms with Crippen molar-refractivity contribution in [2.24, 2.45) is 7.05 Å². The fourth-order valence-corrected chi connectivity index (χ4v) is 4.17. The molecule has 0 aromatic carbocycles. The van der Waals surface area contributed by atoms with Gasteiger partial charge < -0.3 is 4.57 Å². The van der Waals surface area contributed by atoms with Gasteiger partial charge in [0.25, 0.3) is 0 Å². The number of nitrogens with zero attached hydrogens (tertiary/aromatic N) is 3. The minimum absolute atomic E-state index is 0.615. The average molecular weight is 365 g/mol. The summed E-state index contributed by atoms with van der Waals surface area (Å²) in [6, 6.07) is 1.84. The first-order chi connectivity index (χ1) is 9.54. The van der Waals surface area contributed by atoms with E-state index in [1.807, 2.05) is 23.1 Å². The molecule has 3 rings (SSSR count). The zero-order valence-corrected chi connectivity index (χ0v) is 14.1. The summed E-state index contributed by atoms with van der Waals surface area (Å²) in [5, 5.41) is 3.55. The van der Waals surface area contributed by atoms with E-state index in [1.54, 1.807) is 17.5 Å². The quantitative estimate of drug-likeness (QED) is 0.643. The van der Waals surface area contributed by atoms with Gasteiger partial charge in [-0.25, -0.2) is 9.97 Å². The van der Waals surface area contributed by atoms with Crippen molar-refractivity contribution in [3.05, 3.63) is 42.3 Å². The lowest BCUT2D eigenvalue weighted by atomic mass is 10.3. The second kappa shape index (κ2) is 5.66. The first-order valence-electron chi connectivity index (χ1n) is 5.60. The highest BCUT2D eigenvalue weighted by Crippen LogP contribution is 2.38. The third-order valence-electron chi connectivity index (χ3n) is 2.82. The van der Waals surface area contributed by atoms with Crippen LogP contribution in [0.1, 0.15) is 10.8 Å². The molecule has 0 aliphatic carbocycles. The van der Waals surface area contributed by atoms with Crippen LogP contribution in [0.3, 0.4) is 0 Å². The van der Waals surface area contributed by atoms with Gasteiger partial charge in [-0.1, -0.05) is 34.8 Å². The lowest BCUT2D eigenvalue weighted by Crippen LogP contribution is -1.99. The SMILES string of the molecule is Cn1c(Cl)cnc1Cc1nc(-c2cc(Cl)sc2Cl)cs1. The number of halogens is 3. The van der Waals surface area contributed by atoms with Gasteiger partial charge >= 0.3 is 0 Å². The Morgan fingerprint density at radius 1 is 1.30 bits per heavy atom. The fraction of sp³-hybridized carbons (Fsp3) is 0.167. The molecule has 0 atom stereocenters. The van der Waals surface area contributed by atoms with E-state index in [2.05, 4.69) is 9.97 Å². The second-order valence-electron chi connectivity index (χ2n) is 4.10. The largest absolute Gasteiger partial charge is 0.322 e. The normalized spacial score (nSPS) is 11.2. The van der Waals surface area contributed by atoms with Crippen LogP contribution in [0.15, 0.2) is 17.6 Å². The van der Waals surface area contributed by atoms with Crippen LogP contribution in [0, 0.1) is 0 Å². The summed E-state index contributed by atoms with van der Waals surface area (Å²) in [7, 11) is 1.88. The molecule has 0 saturated carbocycles. The Labute approximate surface area is 138 Å². The van der Waals surface area contributed by atoms with Gasteiger partial charge in [-0.05, 0) is 6.07 Å². The molecule has 0 aliphatic rings. The van der Waals surface area contributed by atoms with Gasteiger partial charge in [-0.3, -0.25) is 0 Å². The molecule has 3 aromatic rings. The van der Waals surface area contributed by atoms with Crippen LogP contribution in [0.25, 0.3) is 11.3 Å². The van der Waals surface area contributed by atoms with Crippen LogP contribution in [0.4, 0.5) is 0 Å². The Kier molecular flexibility index (Phi) is 4.06. The summed E-state index contributed by atoms with van der Waals surface area (Å²) < 4.78 is 3.17. The number of hydrogen-bond acceptors (Lipinski definition) is 4. The lowest BCUT2D eigenvalue weighted by molar-refractivity contribution is 0.820. The van der Waals surface area contributed by atoms with E-state index in [4.69, 9.17) is 34.8 Å². The number of imidazole rings is 1. The molecule has 0 amide bonds. The third kappa shape index (κ3) is 2.73. The fourth-order valence-electron chi connectivity index (χ4n) is 1.75. The van der Waals surface area contributed by atoms with Gasteiger partial charge in [0.15, 0.2) is 0 Å². The molecule has 8 heteroatoms. The van der Waals surface area contributed by atoms with Crippen LogP contribution in [-0.2, 0) is 13.5 Å². The van der Waals surface area contributed by atoms with Gasteiger partial charge in [-0.15, -0.1) is 22.7 Å². The number of aromatic nitrogens is 3. The average Bonchev–Trinajstić information content (AvgIpc) is 3.06. The Morgan fingerprint density at radius 3 is 2.70 bits per heavy atom. The Morgan fingerprint density at radius 2 is 2.10 bits per heavy atom. The van der Waals surface area contributed by atoms with Crippen LogP contribution < -0.4 is 0 Å². The van der Waals surface area contributed by atoms with E-state index in [0.29, 0.717) is 20.2 Å². The smallest absolute Gasteiger partial charge is 0.128 e. The van der Waals surface area contributed by atoms with E-state index in [-0.39, 0.29) is 0 Å². The molecule has 3 heterocycles. The van der Waals surface area contributed by atoms with Crippen LogP contribution in [-0.4, -0.2) is 14.5 Å². The van der Waals surface area contributed by atoms with E-state index in [0.717, 1.165) is 22.1 Å². The first kappa shape index (κ1) is 14.4. The minimum Gasteiger partial charge on any atom is -0.322 e. The molecule has 3 nitrogen and oxygen atoms in total. The standard InChI is InChI=1S/C12H8Cl3N3S2/c1-18-8(13)4-16-10(18)3-11-17-7(5-19-11)6-2-9(14)20-12(6)15/h2,4-5H,3H2,1H3. The minimum atomic E-state index is 0.615. The van der Waals surface area contributed by atoms with Crippen molar-refractivity contribution in [1.29, 1.82) is 0 Å². The molecule has 0 aliphatic heterocycles. The molecule has 0 bridgehead atoms. The maximum atomic E-state index is 6.14. The van der Waals surface area contributed by atoms with Crippen molar-refractivity contribution in [1.82, 2.24) is 14.5 Å². The Bertz CT molecular complexity index is 760. The van der Waals surface area contributed by atoms with Gasteiger partial charge in [0.05, 0.1) is 22.6 Å². The summed E-state index contributed by atoms with van der Waals surface area (Å²) in [5.74, 6) is 0.880. The van der Waals surface area contributed by atoms with E-state index in [1.165, 1.54) is 11.3 Å². The van der Waals surface area contributed by atoms with Crippen molar-refractivity contribution in [3.8, 4) is 11.3 Å². The number of hydrogen-bond donors (Lipinski definition) is 0. The molecule has 3 aromatic heterocycles. The van der Waals surface area contributed by atoms with Crippen LogP contribution in [0.2, 0.25) is 13.8 Å². The van der Waals surface area contributed by atoms with Crippen LogP contribution in [0.5, 0.6) is 0 Å². The Balaban J connectivity index is 1.87. The molecular weight excluding hydrogens is 357 g/mol. The highest BCUT2D eigenvalue weighted by atomic mass is 35.5. The zero-order valence-electron chi connectivity index (χ0n) is 10.2. The zero-order chi connectivity index (χ0) is 14.3. The highest BCUT2D eigenvalue weighted by molar-refractivity contribution is 7.20. The van der Waals surface area contributed by atoms with E-state index >= 15 is 0 Å². The predicted molar refractivity (Wildman–Crippen MR) is 86.5 cm³/mol. The van der Waals surface area contributed by atoms with E-state index < -0.39 is 0 Å². The molecule has 0 N–H and O–H groups in total. The van der Waals surface area contributed by atoms with Gasteiger partial charge in [-0.2, -0.15) is 0 Å². The number of rotatable bonds is 3. The number of thiazole rings is 1. The summed E-state index contributed by atoms with van der Waals surface area (Å²) in [6.07, 6.45) is 2.28. The predicted octanol–water partition coefficient (Wildman–Crippen LogP) is 5.16. The van der Waals surface area contributed by atoms with Crippen molar-refractivity contribution < 1.29 is 0 Å². The molecule has 20 heavy (non-hydrogen) atoms. The van der Waals surface area contributed by atoms with Crippen molar-refractivity contribution >= 4 is 57.5 Å². The highest BCUT2D eigenvalue weighted by Gasteiger charge is 2.13. The van der Waals surface area contributed by atoms with Gasteiger partial charge in [0.1, 0.15) is 20.3 Å². The summed E-state index contributed by atoms with van der Waals surface area (Å²) in [6.45, 7) is 0. The molecule has 0 fully saturated rings. The monoisotopic (exact) mass is 363 g/mol. The van der Waals surface area contributed by atoms with Gasteiger partial charge in [0, 0.05) is 18.0 Å². The maximum absolute atomic E-state index is 6.14. The number of thiophene rings is 1. The van der Waals surface area contributed by atoms with Crippen molar-refractivity contribution in [2.45, 2.75) is 6.42 Å². The topological polar surface area (TPSA) is 30.7 Å². The summed E-state index contributed by atoms with van der Waals surface area (Å²) in [5.41, 5.74) is 1.72.